The van der Waals surface area contributed by atoms with Crippen LogP contribution in [0.4, 0.5) is 0 Å². The van der Waals surface area contributed by atoms with Crippen LogP contribution in [-0.2, 0) is 0 Å². The fraction of sp³-hybridized carbons (Fsp3) is 0.0714. The molecule has 0 bridgehead atoms. The van der Waals surface area contributed by atoms with E-state index in [4.69, 9.17) is 0 Å². The predicted molar refractivity (Wildman–Crippen MR) is 77.0 cm³/mol. The molecule has 0 saturated carbocycles. The summed E-state index contributed by atoms with van der Waals surface area (Å²) < 4.78 is 2.70. The Morgan fingerprint density at radius 2 is 1.84 bits per heavy atom. The van der Waals surface area contributed by atoms with E-state index in [0.29, 0.717) is 0 Å². The summed E-state index contributed by atoms with van der Waals surface area (Å²) in [5.74, 6) is 0.727. The first-order valence-corrected chi connectivity index (χ1v) is 6.65. The van der Waals surface area contributed by atoms with Gasteiger partial charge in [0.25, 0.3) is 0 Å². The lowest BCUT2D eigenvalue weighted by molar-refractivity contribution is 0.788. The smallest absolute Gasteiger partial charge is 0.187 e. The van der Waals surface area contributed by atoms with Gasteiger partial charge >= 0.3 is 0 Å². The molecule has 0 aliphatic carbocycles. The van der Waals surface area contributed by atoms with Gasteiger partial charge in [0.1, 0.15) is 0 Å². The third kappa shape index (κ3) is 2.29. The van der Waals surface area contributed by atoms with Gasteiger partial charge in [-0.15, -0.1) is 5.10 Å². The highest BCUT2D eigenvalue weighted by atomic mass is 79.9. The molecule has 94 valence electrons. The van der Waals surface area contributed by atoms with Crippen molar-refractivity contribution in [3.05, 3.63) is 58.6 Å². The van der Waals surface area contributed by atoms with Crippen LogP contribution in [0.3, 0.4) is 0 Å². The van der Waals surface area contributed by atoms with Crippen molar-refractivity contribution in [2.45, 2.75) is 6.92 Å². The molecule has 0 fully saturated rings. The summed E-state index contributed by atoms with van der Waals surface area (Å²) in [6.07, 6.45) is 0. The molecule has 3 rings (SSSR count). The largest absolute Gasteiger partial charge is 0.192 e. The van der Waals surface area contributed by atoms with E-state index >= 15 is 0 Å². The van der Waals surface area contributed by atoms with Gasteiger partial charge in [0, 0.05) is 10.0 Å². The number of hydrogen-bond donors (Lipinski definition) is 0. The van der Waals surface area contributed by atoms with Gasteiger partial charge in [-0.2, -0.15) is 4.68 Å². The van der Waals surface area contributed by atoms with Gasteiger partial charge < -0.3 is 0 Å². The monoisotopic (exact) mass is 314 g/mol. The molecule has 0 N–H and O–H groups in total. The van der Waals surface area contributed by atoms with E-state index in [-0.39, 0.29) is 0 Å². The second kappa shape index (κ2) is 4.93. The molecule has 0 atom stereocenters. The number of nitrogens with zero attached hydrogens (tertiary/aromatic N) is 4. The minimum atomic E-state index is 0.727. The van der Waals surface area contributed by atoms with Crippen molar-refractivity contribution in [3.63, 3.8) is 0 Å². The van der Waals surface area contributed by atoms with Crippen LogP contribution in [0.5, 0.6) is 0 Å². The highest BCUT2D eigenvalue weighted by molar-refractivity contribution is 9.10. The molecule has 0 aliphatic heterocycles. The molecule has 5 heteroatoms. The maximum atomic E-state index is 4.11. The molecule has 4 nitrogen and oxygen atoms in total. The van der Waals surface area contributed by atoms with Crippen molar-refractivity contribution in [1.29, 1.82) is 0 Å². The van der Waals surface area contributed by atoms with Gasteiger partial charge in [0.2, 0.25) is 0 Å². The number of tetrazole rings is 1. The van der Waals surface area contributed by atoms with Crippen LogP contribution in [0.1, 0.15) is 5.56 Å². The Kier molecular flexibility index (Phi) is 3.13. The zero-order valence-electron chi connectivity index (χ0n) is 10.3. The summed E-state index contributed by atoms with van der Waals surface area (Å²) in [7, 11) is 0. The van der Waals surface area contributed by atoms with Crippen LogP contribution in [0.25, 0.3) is 17.1 Å². The fourth-order valence-corrected chi connectivity index (χ4v) is 2.56. The molecule has 0 amide bonds. The average Bonchev–Trinajstić information content (AvgIpc) is 2.89. The summed E-state index contributed by atoms with van der Waals surface area (Å²) in [6, 6.07) is 16.0. The molecule has 0 aliphatic rings. The molecule has 0 radical (unpaired) electrons. The van der Waals surface area contributed by atoms with Gasteiger partial charge in [-0.25, -0.2) is 0 Å². The van der Waals surface area contributed by atoms with Crippen LogP contribution in [0, 0.1) is 6.92 Å². The molecule has 0 spiro atoms. The topological polar surface area (TPSA) is 43.6 Å². The molecule has 0 unspecified atom stereocenters. The summed E-state index contributed by atoms with van der Waals surface area (Å²) in [5.41, 5.74) is 3.10. The standard InChI is InChI=1S/C14H11BrN4/c1-10-7-8-13(12(15)9-10)19-14(16-17-18-19)11-5-3-2-4-6-11/h2-9H,1H3. The highest BCUT2D eigenvalue weighted by Gasteiger charge is 2.12. The number of hydrogen-bond acceptors (Lipinski definition) is 3. The zero-order valence-corrected chi connectivity index (χ0v) is 11.9. The summed E-state index contributed by atoms with van der Waals surface area (Å²) in [4.78, 5) is 0. The normalized spacial score (nSPS) is 10.6. The van der Waals surface area contributed by atoms with Crippen LogP contribution in [-0.4, -0.2) is 20.2 Å². The molecule has 1 heterocycles. The first-order chi connectivity index (χ1) is 9.25. The molecular formula is C14H11BrN4. The maximum Gasteiger partial charge on any atom is 0.187 e. The van der Waals surface area contributed by atoms with Crippen LogP contribution in [0.15, 0.2) is 53.0 Å². The minimum absolute atomic E-state index is 0.727. The Morgan fingerprint density at radius 1 is 1.05 bits per heavy atom. The molecular weight excluding hydrogens is 304 g/mol. The second-order valence-electron chi connectivity index (χ2n) is 4.24. The summed E-state index contributed by atoms with van der Waals surface area (Å²) >= 11 is 3.56. The lowest BCUT2D eigenvalue weighted by Crippen LogP contribution is -2.01. The molecule has 1 aromatic heterocycles. The highest BCUT2D eigenvalue weighted by Crippen LogP contribution is 2.25. The SMILES string of the molecule is Cc1ccc(-n2nnnc2-c2ccccc2)c(Br)c1. The number of aryl methyl sites for hydroxylation is 1. The number of rotatable bonds is 2. The van der Waals surface area contributed by atoms with E-state index in [1.807, 2.05) is 55.5 Å². The van der Waals surface area contributed by atoms with Crippen LogP contribution >= 0.6 is 15.9 Å². The van der Waals surface area contributed by atoms with Gasteiger partial charge in [-0.1, -0.05) is 36.4 Å². The lowest BCUT2D eigenvalue weighted by Gasteiger charge is -2.07. The van der Waals surface area contributed by atoms with Crippen LogP contribution in [0.2, 0.25) is 0 Å². The fourth-order valence-electron chi connectivity index (χ4n) is 1.90. The molecule has 19 heavy (non-hydrogen) atoms. The van der Waals surface area contributed by atoms with E-state index in [0.717, 1.165) is 21.5 Å². The van der Waals surface area contributed by atoms with Crippen molar-refractivity contribution in [1.82, 2.24) is 20.2 Å². The Balaban J connectivity index is 2.15. The van der Waals surface area contributed by atoms with Gasteiger partial charge in [0.05, 0.1) is 5.69 Å². The van der Waals surface area contributed by atoms with Crippen molar-refractivity contribution < 1.29 is 0 Å². The molecule has 0 saturated heterocycles. The molecule has 2 aromatic carbocycles. The zero-order chi connectivity index (χ0) is 13.2. The van der Waals surface area contributed by atoms with E-state index < -0.39 is 0 Å². The second-order valence-corrected chi connectivity index (χ2v) is 5.09. The van der Waals surface area contributed by atoms with Crippen molar-refractivity contribution >= 4 is 15.9 Å². The third-order valence-corrected chi connectivity index (χ3v) is 3.47. The quantitative estimate of drug-likeness (QED) is 0.728. The van der Waals surface area contributed by atoms with E-state index in [1.54, 1.807) is 4.68 Å². The first-order valence-electron chi connectivity index (χ1n) is 5.86. The van der Waals surface area contributed by atoms with Gasteiger partial charge in [-0.05, 0) is 51.0 Å². The van der Waals surface area contributed by atoms with Crippen LogP contribution < -0.4 is 0 Å². The van der Waals surface area contributed by atoms with Gasteiger partial charge in [0.15, 0.2) is 5.82 Å². The average molecular weight is 315 g/mol. The van der Waals surface area contributed by atoms with Crippen molar-refractivity contribution in [3.8, 4) is 17.1 Å². The van der Waals surface area contributed by atoms with Gasteiger partial charge in [-0.3, -0.25) is 0 Å². The number of aromatic nitrogens is 4. The molecule has 3 aromatic rings. The maximum absolute atomic E-state index is 4.11. The lowest BCUT2D eigenvalue weighted by atomic mass is 10.2. The Bertz CT molecular complexity index is 706. The van der Waals surface area contributed by atoms with Crippen molar-refractivity contribution in [2.75, 3.05) is 0 Å². The Hall–Kier alpha value is -2.01. The van der Waals surface area contributed by atoms with Crippen molar-refractivity contribution in [2.24, 2.45) is 0 Å². The minimum Gasteiger partial charge on any atom is -0.192 e. The first kappa shape index (κ1) is 12.0. The Labute approximate surface area is 119 Å². The summed E-state index contributed by atoms with van der Waals surface area (Å²) in [6.45, 7) is 2.05. The Morgan fingerprint density at radius 3 is 2.58 bits per heavy atom. The van der Waals surface area contributed by atoms with E-state index in [2.05, 4.69) is 31.5 Å². The van der Waals surface area contributed by atoms with E-state index in [1.165, 1.54) is 5.56 Å². The number of benzene rings is 2. The summed E-state index contributed by atoms with van der Waals surface area (Å²) in [5, 5.41) is 12.0. The van der Waals surface area contributed by atoms with E-state index in [9.17, 15) is 0 Å². The number of halogens is 1. The predicted octanol–water partition coefficient (Wildman–Crippen LogP) is 3.40. The third-order valence-electron chi connectivity index (χ3n) is 2.83.